The van der Waals surface area contributed by atoms with Crippen LogP contribution in [-0.2, 0) is 19.1 Å². The van der Waals surface area contributed by atoms with E-state index in [0.717, 1.165) is 16.0 Å². The molecule has 1 heterocycles. The molecule has 0 saturated carbocycles. The Morgan fingerprint density at radius 3 is 1.97 bits per heavy atom. The van der Waals surface area contributed by atoms with E-state index in [2.05, 4.69) is 0 Å². The zero-order valence-corrected chi connectivity index (χ0v) is 16.8. The lowest BCUT2D eigenvalue weighted by atomic mass is 10.0. The van der Waals surface area contributed by atoms with Crippen molar-refractivity contribution >= 4 is 18.0 Å². The van der Waals surface area contributed by atoms with Crippen LogP contribution in [0.1, 0.15) is 50.8 Å². The molecule has 0 bridgehead atoms. The average Bonchev–Trinajstić information content (AvgIpc) is 3.08. The van der Waals surface area contributed by atoms with Crippen LogP contribution in [0.5, 0.6) is 0 Å². The molecular weight excluding hydrogens is 370 g/mol. The summed E-state index contributed by atoms with van der Waals surface area (Å²) in [5.41, 5.74) is 0.839. The molecule has 29 heavy (non-hydrogen) atoms. The van der Waals surface area contributed by atoms with Gasteiger partial charge in [0.1, 0.15) is 11.6 Å². The molecule has 3 rings (SSSR count). The molecule has 1 saturated heterocycles. The molecule has 0 radical (unpaired) electrons. The van der Waals surface area contributed by atoms with Crippen LogP contribution in [0.25, 0.3) is 0 Å². The van der Waals surface area contributed by atoms with Crippen molar-refractivity contribution in [2.24, 2.45) is 0 Å². The van der Waals surface area contributed by atoms with Crippen LogP contribution >= 0.6 is 0 Å². The summed E-state index contributed by atoms with van der Waals surface area (Å²) in [5, 5.41) is 0. The molecule has 0 N–H and O–H groups in total. The molecule has 1 atom stereocenters. The number of nitrogens with zero attached hydrogens (tertiary/aromatic N) is 1. The SMILES string of the molecule is CC(C)(C)OC(=O)N1C(=O)CC[C@H]1C(=O)OC(c1ccccc1)c1ccccc1. The molecule has 6 heteroatoms. The van der Waals surface area contributed by atoms with Gasteiger partial charge in [0.15, 0.2) is 6.10 Å². The monoisotopic (exact) mass is 395 g/mol. The third kappa shape index (κ3) is 5.02. The Balaban J connectivity index is 1.83. The minimum Gasteiger partial charge on any atom is -0.451 e. The number of carbonyl (C=O) groups excluding carboxylic acids is 3. The number of rotatable bonds is 4. The van der Waals surface area contributed by atoms with E-state index in [4.69, 9.17) is 9.47 Å². The second-order valence-corrected chi connectivity index (χ2v) is 7.94. The lowest BCUT2D eigenvalue weighted by molar-refractivity contribution is -0.155. The summed E-state index contributed by atoms with van der Waals surface area (Å²) in [4.78, 5) is 38.6. The van der Waals surface area contributed by atoms with Gasteiger partial charge in [-0.25, -0.2) is 14.5 Å². The summed E-state index contributed by atoms with van der Waals surface area (Å²) in [5.74, 6) is -1.06. The number of benzene rings is 2. The molecule has 0 unspecified atom stereocenters. The van der Waals surface area contributed by atoms with Crippen molar-refractivity contribution < 1.29 is 23.9 Å². The van der Waals surface area contributed by atoms with Crippen LogP contribution in [0.2, 0.25) is 0 Å². The molecule has 2 aromatic rings. The first-order chi connectivity index (χ1) is 13.8. The third-order valence-corrected chi connectivity index (χ3v) is 4.51. The summed E-state index contributed by atoms with van der Waals surface area (Å²) in [6.45, 7) is 5.12. The maximum absolute atomic E-state index is 13.0. The highest BCUT2D eigenvalue weighted by Gasteiger charge is 2.44. The van der Waals surface area contributed by atoms with Crippen molar-refractivity contribution in [3.05, 3.63) is 71.8 Å². The molecule has 0 aromatic heterocycles. The van der Waals surface area contributed by atoms with Crippen LogP contribution < -0.4 is 0 Å². The van der Waals surface area contributed by atoms with Gasteiger partial charge < -0.3 is 9.47 Å². The fraction of sp³-hybridized carbons (Fsp3) is 0.348. The van der Waals surface area contributed by atoms with Gasteiger partial charge in [-0.05, 0) is 38.3 Å². The van der Waals surface area contributed by atoms with Gasteiger partial charge in [-0.1, -0.05) is 60.7 Å². The van der Waals surface area contributed by atoms with Crippen molar-refractivity contribution in [3.63, 3.8) is 0 Å². The van der Waals surface area contributed by atoms with E-state index in [1.807, 2.05) is 60.7 Å². The minimum absolute atomic E-state index is 0.0976. The zero-order chi connectivity index (χ0) is 21.0. The smallest absolute Gasteiger partial charge is 0.417 e. The fourth-order valence-corrected chi connectivity index (χ4v) is 3.23. The van der Waals surface area contributed by atoms with Gasteiger partial charge >= 0.3 is 12.1 Å². The van der Waals surface area contributed by atoms with E-state index < -0.39 is 35.7 Å². The number of ether oxygens (including phenoxy) is 2. The normalized spacial score (nSPS) is 16.8. The Kier molecular flexibility index (Phi) is 6.01. The molecule has 152 valence electrons. The van der Waals surface area contributed by atoms with Gasteiger partial charge in [-0.2, -0.15) is 0 Å². The van der Waals surface area contributed by atoms with Crippen molar-refractivity contribution in [1.29, 1.82) is 0 Å². The molecule has 6 nitrogen and oxygen atoms in total. The summed E-state index contributed by atoms with van der Waals surface area (Å²) in [6, 6.07) is 17.7. The Bertz CT molecular complexity index is 834. The number of hydrogen-bond acceptors (Lipinski definition) is 5. The highest BCUT2D eigenvalue weighted by molar-refractivity contribution is 5.99. The van der Waals surface area contributed by atoms with Crippen molar-refractivity contribution in [3.8, 4) is 0 Å². The second-order valence-electron chi connectivity index (χ2n) is 7.94. The summed E-state index contributed by atoms with van der Waals surface area (Å²) in [6.07, 6.45) is -1.15. The number of hydrogen-bond donors (Lipinski definition) is 0. The van der Waals surface area contributed by atoms with Crippen molar-refractivity contribution in [1.82, 2.24) is 4.90 Å². The number of imide groups is 1. The lowest BCUT2D eigenvalue weighted by Gasteiger charge is -2.27. The Morgan fingerprint density at radius 2 is 1.48 bits per heavy atom. The van der Waals surface area contributed by atoms with Gasteiger partial charge in [0.2, 0.25) is 5.91 Å². The molecule has 2 aromatic carbocycles. The summed E-state index contributed by atoms with van der Waals surface area (Å²) in [7, 11) is 0. The minimum atomic E-state index is -0.993. The molecule has 1 aliphatic heterocycles. The molecular formula is C23H25NO5. The lowest BCUT2D eigenvalue weighted by Crippen LogP contribution is -2.46. The van der Waals surface area contributed by atoms with Gasteiger partial charge in [-0.15, -0.1) is 0 Å². The first-order valence-electron chi connectivity index (χ1n) is 9.62. The van der Waals surface area contributed by atoms with Crippen LogP contribution in [0.4, 0.5) is 4.79 Å². The van der Waals surface area contributed by atoms with E-state index in [1.54, 1.807) is 20.8 Å². The van der Waals surface area contributed by atoms with Crippen LogP contribution in [0.3, 0.4) is 0 Å². The van der Waals surface area contributed by atoms with E-state index in [9.17, 15) is 14.4 Å². The first kappa shape index (κ1) is 20.6. The Morgan fingerprint density at radius 1 is 0.966 bits per heavy atom. The van der Waals surface area contributed by atoms with Crippen LogP contribution in [-0.4, -0.2) is 34.5 Å². The Hall–Kier alpha value is -3.15. The molecule has 0 spiro atoms. The molecule has 1 aliphatic rings. The highest BCUT2D eigenvalue weighted by atomic mass is 16.6. The predicted molar refractivity (Wildman–Crippen MR) is 107 cm³/mol. The van der Waals surface area contributed by atoms with E-state index in [-0.39, 0.29) is 12.8 Å². The Labute approximate surface area is 170 Å². The maximum atomic E-state index is 13.0. The standard InChI is InChI=1S/C23H25NO5/c1-23(2,3)29-22(27)24-18(14-15-19(24)25)21(26)28-20(16-10-6-4-7-11-16)17-12-8-5-9-13-17/h4-13,18,20H,14-15H2,1-3H3/t18-/m0/s1. The highest BCUT2D eigenvalue weighted by Crippen LogP contribution is 2.29. The van der Waals surface area contributed by atoms with E-state index >= 15 is 0 Å². The van der Waals surface area contributed by atoms with Gasteiger partial charge in [0.05, 0.1) is 0 Å². The van der Waals surface area contributed by atoms with Crippen LogP contribution in [0.15, 0.2) is 60.7 Å². The summed E-state index contributed by atoms with van der Waals surface area (Å²) >= 11 is 0. The topological polar surface area (TPSA) is 72.9 Å². The van der Waals surface area contributed by atoms with Crippen LogP contribution in [0, 0.1) is 0 Å². The molecule has 0 aliphatic carbocycles. The number of amides is 2. The van der Waals surface area contributed by atoms with Gasteiger partial charge in [0.25, 0.3) is 0 Å². The van der Waals surface area contributed by atoms with E-state index in [1.165, 1.54) is 0 Å². The van der Waals surface area contributed by atoms with Gasteiger partial charge in [-0.3, -0.25) is 4.79 Å². The largest absolute Gasteiger partial charge is 0.451 e. The number of carbonyl (C=O) groups is 3. The average molecular weight is 395 g/mol. The van der Waals surface area contributed by atoms with Gasteiger partial charge in [0, 0.05) is 6.42 Å². The number of esters is 1. The van der Waals surface area contributed by atoms with Crippen molar-refractivity contribution in [2.45, 2.75) is 51.4 Å². The summed E-state index contributed by atoms with van der Waals surface area (Å²) < 4.78 is 11.1. The third-order valence-electron chi connectivity index (χ3n) is 4.51. The first-order valence-corrected chi connectivity index (χ1v) is 9.62. The number of likely N-dealkylation sites (tertiary alicyclic amines) is 1. The fourth-order valence-electron chi connectivity index (χ4n) is 3.23. The molecule has 1 fully saturated rings. The quantitative estimate of drug-likeness (QED) is 0.724. The van der Waals surface area contributed by atoms with Crippen molar-refractivity contribution in [2.75, 3.05) is 0 Å². The predicted octanol–water partition coefficient (Wildman–Crippen LogP) is 4.25. The van der Waals surface area contributed by atoms with E-state index in [0.29, 0.717) is 0 Å². The second kappa shape index (κ2) is 8.47. The maximum Gasteiger partial charge on any atom is 0.417 e. The zero-order valence-electron chi connectivity index (χ0n) is 16.8. The molecule has 2 amide bonds.